The zero-order valence-electron chi connectivity index (χ0n) is 1.83. The summed E-state index contributed by atoms with van der Waals surface area (Å²) < 4.78 is 0. The fourth-order valence-corrected chi connectivity index (χ4v) is 0. The van der Waals surface area contributed by atoms with E-state index in [9.17, 15) is 0 Å². The first kappa shape index (κ1) is 8.98. The molecule has 0 rings (SSSR count). The van der Waals surface area contributed by atoms with E-state index in [0.717, 1.165) is 0 Å². The molecule has 26 valence electrons. The van der Waals surface area contributed by atoms with Gasteiger partial charge in [-0.3, -0.25) is 0 Å². The van der Waals surface area contributed by atoms with Crippen LogP contribution in [0.5, 0.6) is 0 Å². The molecule has 4 heteroatoms. The van der Waals surface area contributed by atoms with Crippen molar-refractivity contribution in [3.8, 4) is 0 Å². The molecule has 0 amide bonds. The van der Waals surface area contributed by atoms with E-state index in [1.807, 2.05) is 0 Å². The largest absolute Gasteiger partial charge is 0.693 e. The predicted molar refractivity (Wildman–Crippen MR) is 17.0 cm³/mol. The van der Waals surface area contributed by atoms with Crippen LogP contribution < -0.4 is 0 Å². The van der Waals surface area contributed by atoms with Crippen molar-refractivity contribution in [1.29, 1.82) is 0 Å². The maximum atomic E-state index is 4.89. The normalized spacial score (nSPS) is 3.50. The summed E-state index contributed by atoms with van der Waals surface area (Å²) >= 11 is -0.556. The minimum Gasteiger partial charge on any atom is -0.693 e. The molecule has 0 aromatic heterocycles. The molecule has 0 spiro atoms. The monoisotopic (exact) mass is 134 g/mol. The van der Waals surface area contributed by atoms with Crippen LogP contribution in [-0.2, 0) is 17.0 Å². The van der Waals surface area contributed by atoms with Gasteiger partial charge in [-0.05, 0) is 0 Å². The van der Waals surface area contributed by atoms with Crippen LogP contribution >= 0.6 is 18.6 Å². The van der Waals surface area contributed by atoms with E-state index >= 15 is 0 Å². The molecular weight excluding hydrogens is 133 g/mol. The second-order valence-electron chi connectivity index (χ2n) is 0.0714. The molecule has 0 radical (unpaired) electrons. The van der Waals surface area contributed by atoms with Crippen molar-refractivity contribution in [3.63, 3.8) is 0 Å². The van der Waals surface area contributed by atoms with Crippen LogP contribution in [0.25, 0.3) is 6.15 Å². The maximum Gasteiger partial charge on any atom is -0.693 e. The first-order valence-corrected chi connectivity index (χ1v) is 4.68. The summed E-state index contributed by atoms with van der Waals surface area (Å²) in [6.07, 6.45) is 0. The fourth-order valence-electron chi connectivity index (χ4n) is 0. The van der Waals surface area contributed by atoms with Crippen LogP contribution in [0.2, 0.25) is 0 Å². The summed E-state index contributed by atoms with van der Waals surface area (Å²) in [6, 6.07) is 0. The molecule has 0 heterocycles. The summed E-state index contributed by atoms with van der Waals surface area (Å²) in [5.41, 5.74) is 0. The number of hydrogen-bond donors (Lipinski definition) is 0. The quantitative estimate of drug-likeness (QED) is 0.455. The van der Waals surface area contributed by atoms with Crippen molar-refractivity contribution in [2.75, 3.05) is 0 Å². The number of halogens is 2. The molecule has 2 N–H and O–H groups in total. The van der Waals surface area contributed by atoms with E-state index in [-0.39, 0.29) is 6.15 Å². The molecule has 0 saturated heterocycles. The standard InChI is InChI=1S/2ClH.H2N.Ti/h2*1H;1H2;/q;;-1;+2/p-2. The van der Waals surface area contributed by atoms with E-state index in [1.54, 1.807) is 0 Å². The second-order valence-corrected chi connectivity index (χ2v) is 2.65. The van der Waals surface area contributed by atoms with Crippen molar-refractivity contribution in [3.05, 3.63) is 6.15 Å². The van der Waals surface area contributed by atoms with Crippen molar-refractivity contribution in [2.45, 2.75) is 0 Å². The van der Waals surface area contributed by atoms with Gasteiger partial charge in [0, 0.05) is 0 Å². The smallest absolute Gasteiger partial charge is 0.693 e. The van der Waals surface area contributed by atoms with Gasteiger partial charge in [-0.2, -0.15) is 0 Å². The third kappa shape index (κ3) is 10.5. The van der Waals surface area contributed by atoms with E-state index in [0.29, 0.717) is 0 Å². The Morgan fingerprint density at radius 2 is 1.25 bits per heavy atom. The van der Waals surface area contributed by atoms with Gasteiger partial charge in [-0.15, -0.1) is 0 Å². The molecule has 0 aromatic carbocycles. The molecule has 0 aliphatic rings. The van der Waals surface area contributed by atoms with E-state index in [1.165, 1.54) is 0 Å². The van der Waals surface area contributed by atoms with Crippen LogP contribution in [0.3, 0.4) is 0 Å². The van der Waals surface area contributed by atoms with Gasteiger partial charge < -0.3 is 6.15 Å². The van der Waals surface area contributed by atoms with Gasteiger partial charge in [-0.25, -0.2) is 0 Å². The molecule has 0 fully saturated rings. The molecule has 0 bridgehead atoms. The average molecular weight is 135 g/mol. The Kier molecular flexibility index (Phi) is 19.9. The Morgan fingerprint density at radius 3 is 1.25 bits per heavy atom. The molecular formula is H2Cl2NTi-. The Bertz CT molecular complexity index is 6.00. The Hall–Kier alpha value is 1.25. The summed E-state index contributed by atoms with van der Waals surface area (Å²) in [6.45, 7) is 0. The summed E-state index contributed by atoms with van der Waals surface area (Å²) in [4.78, 5) is 0. The molecule has 0 aromatic rings. The van der Waals surface area contributed by atoms with Gasteiger partial charge in [0.05, 0.1) is 0 Å². The number of nitrogens with two attached hydrogens (primary N) is 1. The van der Waals surface area contributed by atoms with Gasteiger partial charge in [-0.1, -0.05) is 0 Å². The van der Waals surface area contributed by atoms with Gasteiger partial charge in [0.2, 0.25) is 0 Å². The average Bonchev–Trinajstić information content (AvgIpc) is 0.918. The van der Waals surface area contributed by atoms with Gasteiger partial charge in [0.25, 0.3) is 0 Å². The van der Waals surface area contributed by atoms with Crippen LogP contribution in [0.4, 0.5) is 0 Å². The molecule has 4 heavy (non-hydrogen) atoms. The maximum absolute atomic E-state index is 4.89. The predicted octanol–water partition coefficient (Wildman–Crippen LogP) is 2.09. The Balaban J connectivity index is 0. The summed E-state index contributed by atoms with van der Waals surface area (Å²) in [5, 5.41) is 0. The van der Waals surface area contributed by atoms with Crippen LogP contribution in [-0.4, -0.2) is 0 Å². The summed E-state index contributed by atoms with van der Waals surface area (Å²) in [7, 11) is 9.78. The van der Waals surface area contributed by atoms with Crippen molar-refractivity contribution in [2.24, 2.45) is 0 Å². The Labute approximate surface area is 41.9 Å². The zero-order chi connectivity index (χ0) is 2.71. The minimum absolute atomic E-state index is 0. The molecule has 0 unspecified atom stereocenters. The Morgan fingerprint density at radius 1 is 1.25 bits per heavy atom. The van der Waals surface area contributed by atoms with E-state index < -0.39 is 17.0 Å². The molecule has 0 saturated carbocycles. The molecule has 0 aliphatic heterocycles. The SMILES string of the molecule is [Cl][Ti][Cl].[NH2-]. The van der Waals surface area contributed by atoms with Gasteiger partial charge >= 0.3 is 35.6 Å². The summed E-state index contributed by atoms with van der Waals surface area (Å²) in [5.74, 6) is 0. The van der Waals surface area contributed by atoms with E-state index in [4.69, 9.17) is 18.6 Å². The third-order valence-corrected chi connectivity index (χ3v) is 0. The second kappa shape index (κ2) is 8.87. The van der Waals surface area contributed by atoms with E-state index in [2.05, 4.69) is 0 Å². The van der Waals surface area contributed by atoms with Crippen LogP contribution in [0.15, 0.2) is 0 Å². The van der Waals surface area contributed by atoms with Crippen LogP contribution in [0.1, 0.15) is 0 Å². The first-order valence-electron chi connectivity index (χ1n) is 0.378. The van der Waals surface area contributed by atoms with Gasteiger partial charge in [0.15, 0.2) is 0 Å². The van der Waals surface area contributed by atoms with Crippen molar-refractivity contribution in [1.82, 2.24) is 0 Å². The van der Waals surface area contributed by atoms with Crippen molar-refractivity contribution >= 4 is 18.6 Å². The van der Waals surface area contributed by atoms with Crippen molar-refractivity contribution < 1.29 is 17.0 Å². The van der Waals surface area contributed by atoms with Gasteiger partial charge in [0.1, 0.15) is 0 Å². The topological polar surface area (TPSA) is 33.5 Å². The minimum atomic E-state index is -0.556. The molecule has 0 aliphatic carbocycles. The first-order chi connectivity index (χ1) is 1.41. The number of hydrogen-bond acceptors (Lipinski definition) is 0. The fraction of sp³-hybridized carbons (Fsp3) is 0. The zero-order valence-corrected chi connectivity index (χ0v) is 4.91. The molecule has 1 nitrogen and oxygen atoms in total. The third-order valence-electron chi connectivity index (χ3n) is 0. The molecule has 0 atom stereocenters. The van der Waals surface area contributed by atoms with Crippen LogP contribution in [0, 0.1) is 0 Å². The number of rotatable bonds is 0.